The number of unbranched alkanes of at least 4 members (excludes halogenated alkanes) is 3. The molecule has 0 aromatic heterocycles. The Morgan fingerprint density at radius 1 is 0.636 bits per heavy atom. The molecule has 2 aliphatic heterocycles. The number of carboxylic acids is 2. The van der Waals surface area contributed by atoms with Crippen molar-refractivity contribution < 1.29 is 29.4 Å². The van der Waals surface area contributed by atoms with Crippen LogP contribution in [0.15, 0.2) is 0 Å². The molecule has 4 N–H and O–H groups in total. The molecule has 44 heavy (non-hydrogen) atoms. The van der Waals surface area contributed by atoms with Gasteiger partial charge in [0.05, 0.1) is 19.6 Å². The van der Waals surface area contributed by atoms with E-state index in [1.165, 1.54) is 12.8 Å². The van der Waals surface area contributed by atoms with Gasteiger partial charge in [0.1, 0.15) is 0 Å². The Morgan fingerprint density at radius 2 is 1.16 bits per heavy atom. The highest BCUT2D eigenvalue weighted by Crippen LogP contribution is 2.13. The monoisotopic (exact) mass is 625 g/mol. The van der Waals surface area contributed by atoms with Crippen molar-refractivity contribution in [2.45, 2.75) is 71.3 Å². The Hall–Kier alpha value is -2.32. The van der Waals surface area contributed by atoms with Crippen LogP contribution in [0.25, 0.3) is 0 Å². The Balaban J connectivity index is 1.71. The van der Waals surface area contributed by atoms with Gasteiger partial charge in [-0.25, -0.2) is 0 Å². The van der Waals surface area contributed by atoms with E-state index in [-0.39, 0.29) is 31.4 Å². The standard InChI is InChI=1S/C31H59N7O6/c1-3-5-12-32-27-10-14-38(15-11-27)29(40)9-7-6-8-13-33-28(39)24-35-18-16-34(4-2)17-19-36(25-30(41)42)22-23-37(21-20-35)26-31(43)44/h27,32H,3-26H2,1-2H3,(H,33,39)(H,41,42)(H,43,44). The predicted molar refractivity (Wildman–Crippen MR) is 171 cm³/mol. The molecule has 0 saturated carbocycles. The molecule has 0 radical (unpaired) electrons. The van der Waals surface area contributed by atoms with Crippen LogP contribution >= 0.6 is 0 Å². The molecule has 13 nitrogen and oxygen atoms in total. The van der Waals surface area contributed by atoms with Gasteiger partial charge in [0.15, 0.2) is 0 Å². The number of rotatable bonds is 17. The number of piperidine rings is 1. The lowest BCUT2D eigenvalue weighted by Gasteiger charge is -2.33. The molecule has 2 fully saturated rings. The number of nitrogens with one attached hydrogen (secondary N) is 2. The SMILES string of the molecule is CCCCNC1CCN(C(=O)CCCCCNC(=O)CN2CCN(CC)CCN(CC(=O)O)CCN(CC(=O)O)CC2)CC1. The highest BCUT2D eigenvalue weighted by atomic mass is 16.4. The lowest BCUT2D eigenvalue weighted by atomic mass is 10.0. The second-order valence-electron chi connectivity index (χ2n) is 12.2. The van der Waals surface area contributed by atoms with E-state index in [0.717, 1.165) is 64.8 Å². The van der Waals surface area contributed by atoms with Gasteiger partial charge in [0.25, 0.3) is 0 Å². The number of carbonyl (C=O) groups is 4. The summed E-state index contributed by atoms with van der Waals surface area (Å²) in [5, 5.41) is 25.3. The topological polar surface area (TPSA) is 149 Å². The molecule has 2 heterocycles. The van der Waals surface area contributed by atoms with Crippen LogP contribution in [0.2, 0.25) is 0 Å². The summed E-state index contributed by atoms with van der Waals surface area (Å²) >= 11 is 0. The summed E-state index contributed by atoms with van der Waals surface area (Å²) in [6.45, 7) is 13.1. The maximum Gasteiger partial charge on any atom is 0.317 e. The minimum Gasteiger partial charge on any atom is -0.480 e. The molecule has 0 spiro atoms. The van der Waals surface area contributed by atoms with Crippen molar-refractivity contribution in [3.8, 4) is 0 Å². The Kier molecular flexibility index (Phi) is 19.1. The molecule has 0 aromatic rings. The lowest BCUT2D eigenvalue weighted by Crippen LogP contribution is -2.49. The van der Waals surface area contributed by atoms with E-state index in [4.69, 9.17) is 0 Å². The molecule has 0 aliphatic carbocycles. The van der Waals surface area contributed by atoms with E-state index >= 15 is 0 Å². The van der Waals surface area contributed by atoms with Gasteiger partial charge in [0.2, 0.25) is 11.8 Å². The summed E-state index contributed by atoms with van der Waals surface area (Å²) in [7, 11) is 0. The highest BCUT2D eigenvalue weighted by Gasteiger charge is 2.22. The molecule has 0 bridgehead atoms. The van der Waals surface area contributed by atoms with Gasteiger partial charge in [-0.3, -0.25) is 33.9 Å². The van der Waals surface area contributed by atoms with E-state index in [1.54, 1.807) is 0 Å². The van der Waals surface area contributed by atoms with E-state index in [2.05, 4.69) is 34.3 Å². The molecule has 2 amide bonds. The molecular formula is C31H59N7O6. The third kappa shape index (κ3) is 16.7. The summed E-state index contributed by atoms with van der Waals surface area (Å²) in [6, 6.07) is 0.529. The molecule has 0 aromatic carbocycles. The van der Waals surface area contributed by atoms with Gasteiger partial charge in [-0.05, 0) is 45.2 Å². The van der Waals surface area contributed by atoms with E-state index in [0.29, 0.717) is 64.8 Å². The normalized spacial score (nSPS) is 19.3. The van der Waals surface area contributed by atoms with Crippen LogP contribution in [-0.2, 0) is 19.2 Å². The number of nitrogens with zero attached hydrogens (tertiary/aromatic N) is 5. The molecule has 2 saturated heterocycles. The number of hydrogen-bond donors (Lipinski definition) is 4. The Labute approximate surface area is 264 Å². The molecule has 0 unspecified atom stereocenters. The van der Waals surface area contributed by atoms with Crippen LogP contribution in [0.3, 0.4) is 0 Å². The third-order valence-electron chi connectivity index (χ3n) is 8.66. The largest absolute Gasteiger partial charge is 0.480 e. The first kappa shape index (κ1) is 37.9. The average Bonchev–Trinajstić information content (AvgIpc) is 2.98. The van der Waals surface area contributed by atoms with Gasteiger partial charge in [-0.2, -0.15) is 0 Å². The van der Waals surface area contributed by atoms with Gasteiger partial charge < -0.3 is 30.6 Å². The predicted octanol–water partition coefficient (Wildman–Crippen LogP) is 0.454. The maximum absolute atomic E-state index is 12.8. The molecule has 2 rings (SSSR count). The highest BCUT2D eigenvalue weighted by molar-refractivity contribution is 5.78. The minimum atomic E-state index is -0.926. The fourth-order valence-electron chi connectivity index (χ4n) is 5.79. The number of amides is 2. The van der Waals surface area contributed by atoms with E-state index < -0.39 is 11.9 Å². The van der Waals surface area contributed by atoms with Crippen molar-refractivity contribution in [3.05, 3.63) is 0 Å². The second-order valence-corrected chi connectivity index (χ2v) is 12.2. The average molecular weight is 626 g/mol. The fourth-order valence-corrected chi connectivity index (χ4v) is 5.79. The summed E-state index contributed by atoms with van der Waals surface area (Å²) in [5.74, 6) is -1.63. The summed E-state index contributed by atoms with van der Waals surface area (Å²) in [6.07, 6.45) is 7.54. The van der Waals surface area contributed by atoms with E-state index in [9.17, 15) is 29.4 Å². The zero-order valence-electron chi connectivity index (χ0n) is 27.3. The second kappa shape index (κ2) is 22.2. The lowest BCUT2D eigenvalue weighted by molar-refractivity contribution is -0.140. The fraction of sp³-hybridized carbons (Fsp3) is 0.871. The van der Waals surface area contributed by atoms with Crippen LogP contribution in [0.5, 0.6) is 0 Å². The Morgan fingerprint density at radius 3 is 1.66 bits per heavy atom. The van der Waals surface area contributed by atoms with Crippen molar-refractivity contribution >= 4 is 23.8 Å². The first-order valence-electron chi connectivity index (χ1n) is 16.8. The summed E-state index contributed by atoms with van der Waals surface area (Å²) < 4.78 is 0. The molecule has 2 aliphatic rings. The third-order valence-corrected chi connectivity index (χ3v) is 8.66. The quantitative estimate of drug-likeness (QED) is 0.167. The smallest absolute Gasteiger partial charge is 0.317 e. The maximum atomic E-state index is 12.8. The van der Waals surface area contributed by atoms with Crippen molar-refractivity contribution in [2.75, 3.05) is 105 Å². The zero-order chi connectivity index (χ0) is 32.2. The van der Waals surface area contributed by atoms with Crippen molar-refractivity contribution in [3.63, 3.8) is 0 Å². The number of likely N-dealkylation sites (tertiary alicyclic amines) is 1. The van der Waals surface area contributed by atoms with Crippen molar-refractivity contribution in [1.82, 2.24) is 35.1 Å². The van der Waals surface area contributed by atoms with Crippen molar-refractivity contribution in [1.29, 1.82) is 0 Å². The summed E-state index contributed by atoms with van der Waals surface area (Å²) in [5.41, 5.74) is 0. The zero-order valence-corrected chi connectivity index (χ0v) is 27.3. The molecular weight excluding hydrogens is 566 g/mol. The van der Waals surface area contributed by atoms with Gasteiger partial charge in [-0.1, -0.05) is 26.7 Å². The number of likely N-dealkylation sites (N-methyl/N-ethyl adjacent to an activating group) is 1. The molecule has 13 heteroatoms. The summed E-state index contributed by atoms with van der Waals surface area (Å²) in [4.78, 5) is 58.2. The minimum absolute atomic E-state index is 0.0518. The van der Waals surface area contributed by atoms with Gasteiger partial charge in [-0.15, -0.1) is 0 Å². The molecule has 0 atom stereocenters. The van der Waals surface area contributed by atoms with Gasteiger partial charge in [0, 0.05) is 84.5 Å². The molecule has 254 valence electrons. The van der Waals surface area contributed by atoms with Crippen LogP contribution in [0.1, 0.15) is 65.2 Å². The van der Waals surface area contributed by atoms with Gasteiger partial charge >= 0.3 is 11.9 Å². The first-order chi connectivity index (χ1) is 21.2. The van der Waals surface area contributed by atoms with Crippen LogP contribution in [-0.4, -0.2) is 169 Å². The van der Waals surface area contributed by atoms with Crippen LogP contribution < -0.4 is 10.6 Å². The van der Waals surface area contributed by atoms with Crippen molar-refractivity contribution in [2.24, 2.45) is 0 Å². The number of aliphatic carboxylic acids is 2. The van der Waals surface area contributed by atoms with E-state index in [1.807, 2.05) is 14.7 Å². The Bertz CT molecular complexity index is 855. The number of hydrogen-bond acceptors (Lipinski definition) is 9. The first-order valence-corrected chi connectivity index (χ1v) is 16.8. The van der Waals surface area contributed by atoms with Crippen LogP contribution in [0.4, 0.5) is 0 Å². The number of carbonyl (C=O) groups excluding carboxylic acids is 2. The number of carboxylic acid groups (broad SMARTS) is 2. The van der Waals surface area contributed by atoms with Crippen LogP contribution in [0, 0.1) is 0 Å².